The third-order valence-corrected chi connectivity index (χ3v) is 6.96. The van der Waals surface area contributed by atoms with Gasteiger partial charge in [0.15, 0.2) is 0 Å². The number of hydrogen-bond donors (Lipinski definition) is 2. The number of aryl methyl sites for hydroxylation is 1. The van der Waals surface area contributed by atoms with Gasteiger partial charge >= 0.3 is 0 Å². The predicted octanol–water partition coefficient (Wildman–Crippen LogP) is 5.71. The highest BCUT2D eigenvalue weighted by Crippen LogP contribution is 2.32. The second kappa shape index (κ2) is 8.41. The summed E-state index contributed by atoms with van der Waals surface area (Å²) in [6.45, 7) is 2.47. The molecule has 2 aromatic heterocycles. The number of nitrogens with one attached hydrogen (secondary N) is 2. The first-order valence-corrected chi connectivity index (χ1v) is 11.6. The summed E-state index contributed by atoms with van der Waals surface area (Å²) in [5, 5.41) is 12.1. The van der Waals surface area contributed by atoms with Crippen LogP contribution in [0.1, 0.15) is 33.8 Å². The maximum atomic E-state index is 12.9. The Morgan fingerprint density at radius 2 is 1.84 bits per heavy atom. The first-order valence-electron chi connectivity index (χ1n) is 10.4. The molecule has 8 heteroatoms. The molecule has 0 aliphatic heterocycles. The smallest absolute Gasteiger partial charge is 0.265 e. The number of rotatable bonds is 6. The average Bonchev–Trinajstić information content (AvgIpc) is 3.46. The molecule has 2 N–H and O–H groups in total. The lowest BCUT2D eigenvalue weighted by Crippen LogP contribution is -2.14. The number of carbonyl (C=O) groups is 2. The Hall–Kier alpha value is -3.16. The summed E-state index contributed by atoms with van der Waals surface area (Å²) >= 11 is 7.71. The summed E-state index contributed by atoms with van der Waals surface area (Å²) in [6.07, 6.45) is 1.89. The van der Waals surface area contributed by atoms with Crippen molar-refractivity contribution in [3.63, 3.8) is 0 Å². The van der Waals surface area contributed by atoms with E-state index in [1.165, 1.54) is 11.3 Å². The third kappa shape index (κ3) is 4.26. The van der Waals surface area contributed by atoms with Crippen molar-refractivity contribution in [3.8, 4) is 0 Å². The monoisotopic (exact) mass is 464 g/mol. The minimum absolute atomic E-state index is 0.0385. The molecule has 6 nitrogen and oxygen atoms in total. The van der Waals surface area contributed by atoms with Crippen molar-refractivity contribution in [2.75, 3.05) is 10.6 Å². The summed E-state index contributed by atoms with van der Waals surface area (Å²) in [6, 6.07) is 16.8. The molecule has 0 saturated heterocycles. The van der Waals surface area contributed by atoms with Gasteiger partial charge in [0.05, 0.1) is 17.1 Å². The van der Waals surface area contributed by atoms with Crippen molar-refractivity contribution >= 4 is 56.3 Å². The molecule has 1 fully saturated rings. The molecule has 162 valence electrons. The molecule has 0 spiro atoms. The van der Waals surface area contributed by atoms with Gasteiger partial charge in [0.25, 0.3) is 5.91 Å². The van der Waals surface area contributed by atoms with E-state index in [1.54, 1.807) is 6.07 Å². The molecule has 2 amide bonds. The molecule has 2 aromatic carbocycles. The zero-order chi connectivity index (χ0) is 22.2. The van der Waals surface area contributed by atoms with Crippen LogP contribution in [-0.4, -0.2) is 21.6 Å². The van der Waals surface area contributed by atoms with Gasteiger partial charge in [-0.05, 0) is 55.7 Å². The van der Waals surface area contributed by atoms with Gasteiger partial charge in [-0.15, -0.1) is 11.3 Å². The fraction of sp³-hybridized carbons (Fsp3) is 0.208. The number of thiophene rings is 1. The number of amides is 2. The quantitative estimate of drug-likeness (QED) is 0.383. The van der Waals surface area contributed by atoms with Crippen LogP contribution in [-0.2, 0) is 11.3 Å². The van der Waals surface area contributed by atoms with Crippen LogP contribution < -0.4 is 10.6 Å². The van der Waals surface area contributed by atoms with Crippen LogP contribution in [0.25, 0.3) is 10.2 Å². The summed E-state index contributed by atoms with van der Waals surface area (Å²) in [7, 11) is 0. The van der Waals surface area contributed by atoms with Crippen LogP contribution in [0.4, 0.5) is 11.4 Å². The topological polar surface area (TPSA) is 76.0 Å². The highest BCUT2D eigenvalue weighted by Gasteiger charge is 2.29. The van der Waals surface area contributed by atoms with Gasteiger partial charge in [0.2, 0.25) is 5.91 Å². The van der Waals surface area contributed by atoms with Crippen molar-refractivity contribution in [2.45, 2.75) is 26.3 Å². The van der Waals surface area contributed by atoms with Gasteiger partial charge in [0, 0.05) is 27.7 Å². The van der Waals surface area contributed by atoms with Gasteiger partial charge in [-0.3, -0.25) is 14.3 Å². The maximum absolute atomic E-state index is 12.9. The lowest BCUT2D eigenvalue weighted by atomic mass is 10.2. The maximum Gasteiger partial charge on any atom is 0.265 e. The van der Waals surface area contributed by atoms with E-state index in [-0.39, 0.29) is 17.7 Å². The Bertz CT molecular complexity index is 1340. The number of nitrogens with zero attached hydrogens (tertiary/aromatic N) is 2. The molecule has 1 aliphatic carbocycles. The molecule has 1 aliphatic rings. The van der Waals surface area contributed by atoms with Crippen molar-refractivity contribution in [1.82, 2.24) is 9.78 Å². The van der Waals surface area contributed by atoms with E-state index >= 15 is 0 Å². The minimum Gasteiger partial charge on any atom is -0.326 e. The van der Waals surface area contributed by atoms with Gasteiger partial charge in [-0.1, -0.05) is 35.9 Å². The fourth-order valence-corrected chi connectivity index (χ4v) is 4.83. The summed E-state index contributed by atoms with van der Waals surface area (Å²) < 4.78 is 1.89. The molecule has 32 heavy (non-hydrogen) atoms. The molecule has 4 aromatic rings. The van der Waals surface area contributed by atoms with E-state index in [9.17, 15) is 9.59 Å². The highest BCUT2D eigenvalue weighted by atomic mass is 35.5. The Balaban J connectivity index is 1.35. The second-order valence-electron chi connectivity index (χ2n) is 7.96. The van der Waals surface area contributed by atoms with Crippen molar-refractivity contribution < 1.29 is 9.59 Å². The molecular weight excluding hydrogens is 444 g/mol. The van der Waals surface area contributed by atoms with Crippen LogP contribution in [0, 0.1) is 12.8 Å². The van der Waals surface area contributed by atoms with E-state index < -0.39 is 0 Å². The van der Waals surface area contributed by atoms with Crippen LogP contribution >= 0.6 is 22.9 Å². The molecule has 5 rings (SSSR count). The normalized spacial score (nSPS) is 13.3. The summed E-state index contributed by atoms with van der Waals surface area (Å²) in [5.74, 6) is -0.0301. The van der Waals surface area contributed by atoms with Crippen molar-refractivity contribution in [3.05, 3.63) is 75.8 Å². The number of halogens is 1. The Morgan fingerprint density at radius 1 is 1.09 bits per heavy atom. The Labute approximate surface area is 194 Å². The van der Waals surface area contributed by atoms with E-state index in [1.807, 2.05) is 60.1 Å². The van der Waals surface area contributed by atoms with Crippen LogP contribution in [0.3, 0.4) is 0 Å². The number of fused-ring (bicyclic) bond motifs is 1. The van der Waals surface area contributed by atoms with Gasteiger partial charge < -0.3 is 10.6 Å². The average molecular weight is 465 g/mol. The first-order chi connectivity index (χ1) is 15.5. The number of benzene rings is 2. The largest absolute Gasteiger partial charge is 0.326 e. The summed E-state index contributed by atoms with van der Waals surface area (Å²) in [4.78, 5) is 26.5. The SMILES string of the molecule is Cc1nn(Cc2ccccc2Cl)c2sc(C(=O)Nc3cccc(NC(=O)C4CC4)c3)cc12. The zero-order valence-electron chi connectivity index (χ0n) is 17.4. The Morgan fingerprint density at radius 3 is 2.59 bits per heavy atom. The van der Waals surface area contributed by atoms with Crippen LogP contribution in [0.2, 0.25) is 5.02 Å². The zero-order valence-corrected chi connectivity index (χ0v) is 19.0. The van der Waals surface area contributed by atoms with Crippen LogP contribution in [0.5, 0.6) is 0 Å². The molecular formula is C24H21ClN4O2S. The molecule has 0 radical (unpaired) electrons. The number of aromatic nitrogens is 2. The Kier molecular flexibility index (Phi) is 5.45. The van der Waals surface area contributed by atoms with Gasteiger partial charge in [0.1, 0.15) is 4.83 Å². The number of anilines is 2. The molecule has 0 unspecified atom stereocenters. The molecule has 2 heterocycles. The third-order valence-electron chi connectivity index (χ3n) is 5.45. The first kappa shape index (κ1) is 20.7. The highest BCUT2D eigenvalue weighted by molar-refractivity contribution is 7.20. The van der Waals surface area contributed by atoms with Crippen LogP contribution in [0.15, 0.2) is 54.6 Å². The van der Waals surface area contributed by atoms with E-state index in [0.717, 1.165) is 34.3 Å². The summed E-state index contributed by atoms with van der Waals surface area (Å²) in [5.41, 5.74) is 3.16. The van der Waals surface area contributed by atoms with Gasteiger partial charge in [-0.2, -0.15) is 5.10 Å². The second-order valence-corrected chi connectivity index (χ2v) is 9.40. The number of carbonyl (C=O) groups excluding carboxylic acids is 2. The number of hydrogen-bond acceptors (Lipinski definition) is 4. The lowest BCUT2D eigenvalue weighted by molar-refractivity contribution is -0.117. The molecule has 1 saturated carbocycles. The van der Waals surface area contributed by atoms with E-state index in [4.69, 9.17) is 11.6 Å². The molecule has 0 atom stereocenters. The van der Waals surface area contributed by atoms with E-state index in [0.29, 0.717) is 27.8 Å². The minimum atomic E-state index is -0.194. The van der Waals surface area contributed by atoms with Gasteiger partial charge in [-0.25, -0.2) is 0 Å². The predicted molar refractivity (Wildman–Crippen MR) is 129 cm³/mol. The molecule has 0 bridgehead atoms. The lowest BCUT2D eigenvalue weighted by Gasteiger charge is -2.08. The standard InChI is InChI=1S/C24H21ClN4O2S/c1-14-19-12-21(32-24(19)29(28-14)13-16-5-2-3-8-20(16)25)23(31)27-18-7-4-6-17(11-18)26-22(30)15-9-10-15/h2-8,11-12,15H,9-10,13H2,1H3,(H,26,30)(H,27,31). The fourth-order valence-electron chi connectivity index (χ4n) is 3.58. The van der Waals surface area contributed by atoms with Crippen molar-refractivity contribution in [2.24, 2.45) is 5.92 Å². The van der Waals surface area contributed by atoms with E-state index in [2.05, 4.69) is 15.7 Å². The van der Waals surface area contributed by atoms with Crippen molar-refractivity contribution in [1.29, 1.82) is 0 Å².